The molecular formula is C14H17IN2O2. The number of carbonyl (C=O) groups is 1. The molecule has 0 aliphatic carbocycles. The lowest BCUT2D eigenvalue weighted by Gasteiger charge is -2.37. The maximum Gasteiger partial charge on any atom is 0.258 e. The topological polar surface area (TPSA) is 66.6 Å². The minimum atomic E-state index is -0.0459. The van der Waals surface area contributed by atoms with Gasteiger partial charge < -0.3 is 15.7 Å². The molecule has 0 saturated carbocycles. The summed E-state index contributed by atoms with van der Waals surface area (Å²) < 4.78 is 0.958. The van der Waals surface area contributed by atoms with Crippen LogP contribution in [0.1, 0.15) is 36.0 Å². The second-order valence-corrected chi connectivity index (χ2v) is 6.74. The molecule has 3 N–H and O–H groups in total. The van der Waals surface area contributed by atoms with E-state index >= 15 is 0 Å². The van der Waals surface area contributed by atoms with E-state index in [9.17, 15) is 9.90 Å². The van der Waals surface area contributed by atoms with Gasteiger partial charge in [0.2, 0.25) is 0 Å². The van der Waals surface area contributed by atoms with Crippen molar-refractivity contribution in [1.29, 1.82) is 0 Å². The van der Waals surface area contributed by atoms with E-state index in [1.165, 1.54) is 0 Å². The first-order chi connectivity index (χ1) is 9.06. The molecule has 4 nitrogen and oxygen atoms in total. The molecule has 2 fully saturated rings. The molecule has 19 heavy (non-hydrogen) atoms. The molecular weight excluding hydrogens is 355 g/mol. The molecule has 2 bridgehead atoms. The number of carbonyl (C=O) groups excluding carboxylic acids is 1. The number of amides is 1. The van der Waals surface area contributed by atoms with Crippen molar-refractivity contribution in [1.82, 2.24) is 4.90 Å². The van der Waals surface area contributed by atoms with Crippen molar-refractivity contribution in [2.75, 3.05) is 0 Å². The summed E-state index contributed by atoms with van der Waals surface area (Å²) in [6.07, 6.45) is 3.84. The van der Waals surface area contributed by atoms with Gasteiger partial charge in [-0.1, -0.05) is 0 Å². The Morgan fingerprint density at radius 1 is 1.32 bits per heavy atom. The van der Waals surface area contributed by atoms with Gasteiger partial charge in [-0.05, 0) is 66.5 Å². The second kappa shape index (κ2) is 4.94. The third-order valence-corrected chi connectivity index (χ3v) is 4.86. The molecule has 0 radical (unpaired) electrons. The molecule has 2 atom stereocenters. The number of phenolic OH excluding ortho intramolecular Hbond substituents is 1. The summed E-state index contributed by atoms with van der Waals surface area (Å²) in [5.74, 6) is 0.0232. The van der Waals surface area contributed by atoms with Crippen LogP contribution in [0.15, 0.2) is 18.2 Å². The van der Waals surface area contributed by atoms with Crippen LogP contribution in [0.2, 0.25) is 0 Å². The van der Waals surface area contributed by atoms with Crippen LogP contribution < -0.4 is 5.73 Å². The number of halogens is 1. The normalized spacial score (nSPS) is 29.6. The number of fused-ring (bicyclic) bond motifs is 2. The zero-order valence-corrected chi connectivity index (χ0v) is 12.7. The number of hydrogen-bond donors (Lipinski definition) is 2. The van der Waals surface area contributed by atoms with E-state index < -0.39 is 0 Å². The Kier molecular flexibility index (Phi) is 3.42. The molecule has 3 rings (SSSR count). The maximum absolute atomic E-state index is 12.7. The summed E-state index contributed by atoms with van der Waals surface area (Å²) in [7, 11) is 0. The predicted molar refractivity (Wildman–Crippen MR) is 81.0 cm³/mol. The highest BCUT2D eigenvalue weighted by Gasteiger charge is 2.42. The lowest BCUT2D eigenvalue weighted by atomic mass is 9.97. The van der Waals surface area contributed by atoms with Gasteiger partial charge in [0.25, 0.3) is 5.91 Å². The molecule has 2 aliphatic heterocycles. The van der Waals surface area contributed by atoms with E-state index in [4.69, 9.17) is 5.73 Å². The molecule has 2 aliphatic rings. The van der Waals surface area contributed by atoms with E-state index in [1.54, 1.807) is 18.2 Å². The highest BCUT2D eigenvalue weighted by molar-refractivity contribution is 14.1. The van der Waals surface area contributed by atoms with Crippen molar-refractivity contribution in [3.8, 4) is 5.75 Å². The third-order valence-electron chi connectivity index (χ3n) is 4.19. The average Bonchev–Trinajstić information content (AvgIpc) is 2.64. The lowest BCUT2D eigenvalue weighted by Crippen LogP contribution is -2.50. The smallest absolute Gasteiger partial charge is 0.258 e. The standard InChI is InChI=1S/C14H17IN2O2/c15-8-1-4-13(18)12(5-8)14(19)17-10-2-3-11(17)7-9(16)6-10/h1,4-5,9-11,18H,2-3,6-7,16H2. The molecule has 1 amide bonds. The number of phenols is 1. The summed E-state index contributed by atoms with van der Waals surface area (Å²) in [6, 6.07) is 5.86. The highest BCUT2D eigenvalue weighted by Crippen LogP contribution is 2.37. The first kappa shape index (κ1) is 13.2. The zero-order chi connectivity index (χ0) is 13.6. The molecule has 0 spiro atoms. The fourth-order valence-corrected chi connectivity index (χ4v) is 3.86. The van der Waals surface area contributed by atoms with E-state index in [0.717, 1.165) is 29.3 Å². The molecule has 1 aromatic rings. The van der Waals surface area contributed by atoms with Crippen molar-refractivity contribution >= 4 is 28.5 Å². The quantitative estimate of drug-likeness (QED) is 0.742. The van der Waals surface area contributed by atoms with Gasteiger partial charge in [0.05, 0.1) is 5.56 Å². The first-order valence-electron chi connectivity index (χ1n) is 6.63. The molecule has 0 aromatic heterocycles. The third kappa shape index (κ3) is 2.33. The maximum atomic E-state index is 12.7. The largest absolute Gasteiger partial charge is 0.507 e. The molecule has 2 saturated heterocycles. The number of benzene rings is 1. The Morgan fingerprint density at radius 3 is 2.58 bits per heavy atom. The van der Waals surface area contributed by atoms with Crippen LogP contribution in [0.3, 0.4) is 0 Å². The van der Waals surface area contributed by atoms with Crippen LogP contribution in [0, 0.1) is 3.57 Å². The monoisotopic (exact) mass is 372 g/mol. The Bertz CT molecular complexity index is 506. The summed E-state index contributed by atoms with van der Waals surface area (Å²) in [5, 5.41) is 9.91. The Hall–Kier alpha value is -0.820. The highest BCUT2D eigenvalue weighted by atomic mass is 127. The molecule has 5 heteroatoms. The Balaban J connectivity index is 1.90. The van der Waals surface area contributed by atoms with Gasteiger partial charge in [-0.15, -0.1) is 0 Å². The molecule has 102 valence electrons. The van der Waals surface area contributed by atoms with Crippen molar-refractivity contribution in [2.45, 2.75) is 43.8 Å². The number of piperidine rings is 1. The number of hydrogen-bond acceptors (Lipinski definition) is 3. The van der Waals surface area contributed by atoms with Crippen LogP contribution in [0.4, 0.5) is 0 Å². The van der Waals surface area contributed by atoms with Crippen LogP contribution in [-0.4, -0.2) is 34.0 Å². The van der Waals surface area contributed by atoms with E-state index in [0.29, 0.717) is 5.56 Å². The van der Waals surface area contributed by atoms with Crippen LogP contribution in [0.25, 0.3) is 0 Å². The summed E-state index contributed by atoms with van der Waals surface area (Å²) >= 11 is 2.15. The molecule has 2 unspecified atom stereocenters. The van der Waals surface area contributed by atoms with Gasteiger partial charge >= 0.3 is 0 Å². The SMILES string of the molecule is NC1CC2CCC(C1)N2C(=O)c1cc(I)ccc1O. The number of nitrogens with two attached hydrogens (primary N) is 1. The van der Waals surface area contributed by atoms with Crippen LogP contribution in [0.5, 0.6) is 5.75 Å². The van der Waals surface area contributed by atoms with Gasteiger partial charge in [0.15, 0.2) is 0 Å². The van der Waals surface area contributed by atoms with Gasteiger partial charge in [0.1, 0.15) is 5.75 Å². The molecule has 1 aromatic carbocycles. The summed E-state index contributed by atoms with van der Waals surface area (Å²) in [4.78, 5) is 14.6. The summed E-state index contributed by atoms with van der Waals surface area (Å²) in [5.41, 5.74) is 6.44. The van der Waals surface area contributed by atoms with Crippen molar-refractivity contribution in [3.63, 3.8) is 0 Å². The van der Waals surface area contributed by atoms with Crippen molar-refractivity contribution in [3.05, 3.63) is 27.3 Å². The predicted octanol–water partition coefficient (Wildman–Crippen LogP) is 2.09. The fraction of sp³-hybridized carbons (Fsp3) is 0.500. The minimum Gasteiger partial charge on any atom is -0.507 e. The average molecular weight is 372 g/mol. The fourth-order valence-electron chi connectivity index (χ4n) is 3.37. The van der Waals surface area contributed by atoms with E-state index in [1.807, 2.05) is 4.90 Å². The Labute approximate surface area is 126 Å². The number of nitrogens with zero attached hydrogens (tertiary/aromatic N) is 1. The number of aromatic hydroxyl groups is 1. The summed E-state index contributed by atoms with van der Waals surface area (Å²) in [6.45, 7) is 0. The van der Waals surface area contributed by atoms with Gasteiger partial charge in [-0.2, -0.15) is 0 Å². The van der Waals surface area contributed by atoms with Crippen molar-refractivity contribution in [2.24, 2.45) is 5.73 Å². The van der Waals surface area contributed by atoms with E-state index in [-0.39, 0.29) is 29.8 Å². The second-order valence-electron chi connectivity index (χ2n) is 5.49. The Morgan fingerprint density at radius 2 is 1.95 bits per heavy atom. The molecule has 2 heterocycles. The van der Waals surface area contributed by atoms with Gasteiger partial charge in [0, 0.05) is 21.7 Å². The van der Waals surface area contributed by atoms with Crippen LogP contribution >= 0.6 is 22.6 Å². The van der Waals surface area contributed by atoms with Crippen molar-refractivity contribution < 1.29 is 9.90 Å². The first-order valence-corrected chi connectivity index (χ1v) is 7.71. The van der Waals surface area contributed by atoms with Crippen LogP contribution in [-0.2, 0) is 0 Å². The lowest BCUT2D eigenvalue weighted by molar-refractivity contribution is 0.0572. The zero-order valence-electron chi connectivity index (χ0n) is 10.6. The van der Waals surface area contributed by atoms with Gasteiger partial charge in [-0.25, -0.2) is 0 Å². The number of rotatable bonds is 1. The van der Waals surface area contributed by atoms with Gasteiger partial charge in [-0.3, -0.25) is 4.79 Å². The van der Waals surface area contributed by atoms with E-state index in [2.05, 4.69) is 22.6 Å². The minimum absolute atomic E-state index is 0.0459.